The van der Waals surface area contributed by atoms with Crippen LogP contribution in [0.5, 0.6) is 0 Å². The number of aromatic nitrogens is 2. The minimum absolute atomic E-state index is 0.326. The van der Waals surface area contributed by atoms with Gasteiger partial charge in [-0.15, -0.1) is 11.3 Å². The average molecular weight is 429 g/mol. The molecule has 2 aromatic carbocycles. The fourth-order valence-electron chi connectivity index (χ4n) is 3.83. The van der Waals surface area contributed by atoms with Crippen LogP contribution in [0, 0.1) is 13.8 Å². The van der Waals surface area contributed by atoms with Gasteiger partial charge in [0, 0.05) is 42.1 Å². The molecule has 0 radical (unpaired) electrons. The minimum atomic E-state index is 0.326. The van der Waals surface area contributed by atoms with Gasteiger partial charge in [0.2, 0.25) is 0 Å². The minimum Gasteiger partial charge on any atom is -0.383 e. The van der Waals surface area contributed by atoms with E-state index >= 15 is 0 Å². The van der Waals surface area contributed by atoms with Crippen molar-refractivity contribution in [2.45, 2.75) is 32.7 Å². The molecular weight excluding hydrogens is 400 g/mol. The van der Waals surface area contributed by atoms with E-state index in [0.29, 0.717) is 17.6 Å². The van der Waals surface area contributed by atoms with Gasteiger partial charge in [-0.1, -0.05) is 60.7 Å². The third-order valence-corrected chi connectivity index (χ3v) is 6.82. The van der Waals surface area contributed by atoms with Gasteiger partial charge < -0.3 is 11.1 Å². The number of nitrogens with two attached hydrogens (primary N) is 1. The number of hydrogen-bond donors (Lipinski definition) is 2. The van der Waals surface area contributed by atoms with Crippen LogP contribution in [0.3, 0.4) is 0 Å². The maximum Gasteiger partial charge on any atom is 0.130 e. The standard InChI is InChI=1S/C26H28N4S/c1-18-23(13-22-14-29-19(2)30-26(22)27)17-31-25(18)16-28-15-24(20-9-5-3-6-10-20)21-11-7-4-8-12-21/h3-12,14,17,24,28H,13,15-16H2,1-2H3,(H2,27,29,30). The first-order valence-electron chi connectivity index (χ1n) is 10.6. The highest BCUT2D eigenvalue weighted by Gasteiger charge is 2.15. The van der Waals surface area contributed by atoms with Crippen LogP contribution in [0.2, 0.25) is 0 Å². The van der Waals surface area contributed by atoms with Crippen LogP contribution in [-0.2, 0) is 13.0 Å². The monoisotopic (exact) mass is 428 g/mol. The summed E-state index contributed by atoms with van der Waals surface area (Å²) in [6.07, 6.45) is 2.61. The van der Waals surface area contributed by atoms with Crippen LogP contribution in [0.15, 0.2) is 72.2 Å². The van der Waals surface area contributed by atoms with Gasteiger partial charge in [-0.05, 0) is 41.5 Å². The molecule has 4 nitrogen and oxygen atoms in total. The third kappa shape index (κ3) is 5.19. The topological polar surface area (TPSA) is 63.8 Å². The Bertz CT molecular complexity index is 1080. The molecule has 0 aliphatic carbocycles. The molecule has 31 heavy (non-hydrogen) atoms. The number of nitrogen functional groups attached to an aromatic ring is 1. The first-order chi connectivity index (χ1) is 15.1. The van der Waals surface area contributed by atoms with Gasteiger partial charge >= 0.3 is 0 Å². The summed E-state index contributed by atoms with van der Waals surface area (Å²) >= 11 is 1.80. The number of thiophene rings is 1. The number of rotatable bonds is 8. The molecule has 3 N–H and O–H groups in total. The first-order valence-corrected chi connectivity index (χ1v) is 11.4. The number of nitrogens with one attached hydrogen (secondary N) is 1. The van der Waals surface area contributed by atoms with Crippen molar-refractivity contribution in [2.75, 3.05) is 12.3 Å². The van der Waals surface area contributed by atoms with E-state index in [2.05, 4.69) is 88.3 Å². The van der Waals surface area contributed by atoms with Gasteiger partial charge in [-0.2, -0.15) is 0 Å². The Labute approximate surface area is 188 Å². The summed E-state index contributed by atoms with van der Waals surface area (Å²) in [5.74, 6) is 1.61. The lowest BCUT2D eigenvalue weighted by molar-refractivity contribution is 0.639. The van der Waals surface area contributed by atoms with Crippen LogP contribution < -0.4 is 11.1 Å². The Morgan fingerprint density at radius 1 is 0.935 bits per heavy atom. The summed E-state index contributed by atoms with van der Waals surface area (Å²) in [6, 6.07) is 21.4. The molecule has 0 spiro atoms. The highest BCUT2D eigenvalue weighted by atomic mass is 32.1. The zero-order chi connectivity index (χ0) is 21.6. The molecule has 4 aromatic rings. The van der Waals surface area contributed by atoms with Gasteiger partial charge in [-0.25, -0.2) is 9.97 Å². The molecule has 0 aliphatic heterocycles. The van der Waals surface area contributed by atoms with E-state index in [1.165, 1.54) is 27.1 Å². The third-order valence-electron chi connectivity index (χ3n) is 5.68. The number of aryl methyl sites for hydroxylation is 1. The number of nitrogens with zero attached hydrogens (tertiary/aromatic N) is 2. The molecule has 0 saturated heterocycles. The Morgan fingerprint density at radius 3 is 2.19 bits per heavy atom. The second-order valence-corrected chi connectivity index (χ2v) is 8.78. The summed E-state index contributed by atoms with van der Waals surface area (Å²) in [6.45, 7) is 5.80. The Morgan fingerprint density at radius 2 is 1.58 bits per heavy atom. The van der Waals surface area contributed by atoms with Crippen molar-refractivity contribution in [1.29, 1.82) is 0 Å². The van der Waals surface area contributed by atoms with Crippen molar-refractivity contribution in [3.63, 3.8) is 0 Å². The quantitative estimate of drug-likeness (QED) is 0.402. The van der Waals surface area contributed by atoms with Crippen LogP contribution >= 0.6 is 11.3 Å². The molecule has 2 heterocycles. The smallest absolute Gasteiger partial charge is 0.130 e. The maximum atomic E-state index is 6.09. The van der Waals surface area contributed by atoms with E-state index in [1.54, 1.807) is 11.3 Å². The highest BCUT2D eigenvalue weighted by Crippen LogP contribution is 2.27. The SMILES string of the molecule is Cc1ncc(Cc2csc(CNCC(c3ccccc3)c3ccccc3)c2C)c(N)n1. The summed E-state index contributed by atoms with van der Waals surface area (Å²) in [4.78, 5) is 9.95. The van der Waals surface area contributed by atoms with Crippen molar-refractivity contribution in [1.82, 2.24) is 15.3 Å². The highest BCUT2D eigenvalue weighted by molar-refractivity contribution is 7.10. The summed E-state index contributed by atoms with van der Waals surface area (Å²) in [5, 5.41) is 5.93. The van der Waals surface area contributed by atoms with E-state index in [9.17, 15) is 0 Å². The fraction of sp³-hybridized carbons (Fsp3) is 0.231. The second kappa shape index (κ2) is 9.86. The van der Waals surface area contributed by atoms with E-state index in [-0.39, 0.29) is 0 Å². The molecule has 0 unspecified atom stereocenters. The Kier molecular flexibility index (Phi) is 6.75. The van der Waals surface area contributed by atoms with Crippen LogP contribution in [0.4, 0.5) is 5.82 Å². The molecule has 0 aliphatic rings. The van der Waals surface area contributed by atoms with Gasteiger partial charge in [0.1, 0.15) is 11.6 Å². The molecule has 0 atom stereocenters. The van der Waals surface area contributed by atoms with E-state index < -0.39 is 0 Å². The van der Waals surface area contributed by atoms with Gasteiger partial charge in [0.15, 0.2) is 0 Å². The molecular formula is C26H28N4S. The Balaban J connectivity index is 1.44. The Hall–Kier alpha value is -3.02. The van der Waals surface area contributed by atoms with Crippen molar-refractivity contribution in [3.8, 4) is 0 Å². The molecule has 158 valence electrons. The van der Waals surface area contributed by atoms with Crippen molar-refractivity contribution in [3.05, 3.63) is 111 Å². The lowest BCUT2D eigenvalue weighted by Gasteiger charge is -2.19. The van der Waals surface area contributed by atoms with E-state index in [4.69, 9.17) is 5.73 Å². The number of hydrogen-bond acceptors (Lipinski definition) is 5. The summed E-state index contributed by atoms with van der Waals surface area (Å²) in [5.41, 5.74) is 12.4. The summed E-state index contributed by atoms with van der Waals surface area (Å²) < 4.78 is 0. The van der Waals surface area contributed by atoms with Gasteiger partial charge in [-0.3, -0.25) is 0 Å². The number of anilines is 1. The average Bonchev–Trinajstić information content (AvgIpc) is 3.13. The molecule has 0 bridgehead atoms. The molecule has 5 heteroatoms. The van der Waals surface area contributed by atoms with Crippen LogP contribution in [0.1, 0.15) is 44.4 Å². The van der Waals surface area contributed by atoms with Crippen LogP contribution in [-0.4, -0.2) is 16.5 Å². The fourth-order valence-corrected chi connectivity index (χ4v) is 4.87. The maximum absolute atomic E-state index is 6.09. The molecule has 0 amide bonds. The molecule has 2 aromatic heterocycles. The zero-order valence-electron chi connectivity index (χ0n) is 18.0. The first kappa shape index (κ1) is 21.2. The van der Waals surface area contributed by atoms with E-state index in [1.807, 2.05) is 13.1 Å². The van der Waals surface area contributed by atoms with Gasteiger partial charge in [0.05, 0.1) is 0 Å². The molecule has 4 rings (SSSR count). The molecule has 0 saturated carbocycles. The predicted octanol–water partition coefficient (Wildman–Crippen LogP) is 5.25. The molecule has 0 fully saturated rings. The normalized spacial score (nSPS) is 11.2. The van der Waals surface area contributed by atoms with E-state index in [0.717, 1.165) is 25.1 Å². The summed E-state index contributed by atoms with van der Waals surface area (Å²) in [7, 11) is 0. The zero-order valence-corrected chi connectivity index (χ0v) is 18.8. The largest absolute Gasteiger partial charge is 0.383 e. The lowest BCUT2D eigenvalue weighted by Crippen LogP contribution is -2.22. The second-order valence-electron chi connectivity index (χ2n) is 7.82. The van der Waals surface area contributed by atoms with Crippen molar-refractivity contribution < 1.29 is 0 Å². The number of benzene rings is 2. The lowest BCUT2D eigenvalue weighted by atomic mass is 9.91. The predicted molar refractivity (Wildman–Crippen MR) is 129 cm³/mol. The van der Waals surface area contributed by atoms with Crippen molar-refractivity contribution in [2.24, 2.45) is 0 Å². The van der Waals surface area contributed by atoms with Crippen molar-refractivity contribution >= 4 is 17.2 Å². The van der Waals surface area contributed by atoms with Crippen LogP contribution in [0.25, 0.3) is 0 Å². The van der Waals surface area contributed by atoms with Gasteiger partial charge in [0.25, 0.3) is 0 Å².